The monoisotopic (exact) mass is 870 g/mol. The summed E-state index contributed by atoms with van der Waals surface area (Å²) in [6.45, 7) is 0. The number of fused-ring (bicyclic) bond motifs is 6. The van der Waals surface area contributed by atoms with Gasteiger partial charge in [0, 0.05) is 80.0 Å². The molecule has 0 spiro atoms. The maximum absolute atomic E-state index is 6.91. The van der Waals surface area contributed by atoms with E-state index in [2.05, 4.69) is 160 Å². The highest BCUT2D eigenvalue weighted by Gasteiger charge is 2.25. The number of benzene rings is 7. The van der Waals surface area contributed by atoms with E-state index in [0.29, 0.717) is 5.82 Å². The third-order valence-corrected chi connectivity index (χ3v) is 12.8. The molecular weight excluding hydrogens is 833 g/mol. The van der Waals surface area contributed by atoms with Crippen molar-refractivity contribution in [3.63, 3.8) is 0 Å². The van der Waals surface area contributed by atoms with Gasteiger partial charge in [-0.1, -0.05) is 133 Å². The van der Waals surface area contributed by atoms with Crippen molar-refractivity contribution in [3.8, 4) is 84.4 Å². The van der Waals surface area contributed by atoms with Crippen molar-refractivity contribution in [3.05, 3.63) is 231 Å². The van der Waals surface area contributed by atoms with Crippen LogP contribution in [0.3, 0.4) is 0 Å². The molecule has 0 fully saturated rings. The Morgan fingerprint density at radius 2 is 0.941 bits per heavy atom. The van der Waals surface area contributed by atoms with Gasteiger partial charge in [0.15, 0.2) is 5.82 Å². The number of para-hydroxylation sites is 3. The molecule has 0 aliphatic rings. The van der Waals surface area contributed by atoms with Gasteiger partial charge in [0.1, 0.15) is 11.3 Å². The second-order valence-corrected chi connectivity index (χ2v) is 16.9. The molecule has 0 saturated carbocycles. The van der Waals surface area contributed by atoms with Crippen molar-refractivity contribution < 1.29 is 4.42 Å². The maximum atomic E-state index is 6.91. The van der Waals surface area contributed by atoms with Crippen LogP contribution in [0.4, 0.5) is 0 Å². The fourth-order valence-corrected chi connectivity index (χ4v) is 9.64. The molecule has 13 aromatic rings. The van der Waals surface area contributed by atoms with Crippen LogP contribution < -0.4 is 0 Å². The molecule has 7 heteroatoms. The van der Waals surface area contributed by atoms with Gasteiger partial charge in [0.25, 0.3) is 0 Å². The van der Waals surface area contributed by atoms with Crippen LogP contribution in [0, 0.1) is 0 Å². The van der Waals surface area contributed by atoms with Crippen LogP contribution in [0.2, 0.25) is 0 Å². The molecule has 7 nitrogen and oxygen atoms in total. The van der Waals surface area contributed by atoms with E-state index in [1.54, 1.807) is 12.4 Å². The normalized spacial score (nSPS) is 11.5. The zero-order valence-electron chi connectivity index (χ0n) is 36.5. The third kappa shape index (κ3) is 6.72. The molecule has 0 atom stereocenters. The van der Waals surface area contributed by atoms with Gasteiger partial charge >= 0.3 is 0 Å². The summed E-state index contributed by atoms with van der Waals surface area (Å²) < 4.78 is 9.26. The summed E-state index contributed by atoms with van der Waals surface area (Å²) in [5.41, 5.74) is 16.6. The first-order chi connectivity index (χ1) is 33.7. The number of furan rings is 1. The lowest BCUT2D eigenvalue weighted by Crippen LogP contribution is -1.98. The summed E-state index contributed by atoms with van der Waals surface area (Å²) in [7, 11) is 0. The highest BCUT2D eigenvalue weighted by Crippen LogP contribution is 2.47. The smallest absolute Gasteiger partial charge is 0.160 e. The molecule has 0 unspecified atom stereocenters. The van der Waals surface area contributed by atoms with E-state index in [4.69, 9.17) is 19.4 Å². The van der Waals surface area contributed by atoms with Gasteiger partial charge in [-0.3, -0.25) is 9.97 Å². The lowest BCUT2D eigenvalue weighted by molar-refractivity contribution is 0.635. The van der Waals surface area contributed by atoms with E-state index in [1.807, 2.05) is 73.1 Å². The minimum Gasteiger partial charge on any atom is -0.455 e. The first-order valence-electron chi connectivity index (χ1n) is 22.6. The summed E-state index contributed by atoms with van der Waals surface area (Å²) in [6.07, 6.45) is 7.23. The number of aromatic nitrogens is 6. The summed E-state index contributed by atoms with van der Waals surface area (Å²) >= 11 is 0. The Labute approximate surface area is 391 Å². The Bertz CT molecular complexity index is 3960. The predicted octanol–water partition coefficient (Wildman–Crippen LogP) is 15.3. The van der Waals surface area contributed by atoms with Gasteiger partial charge in [-0.25, -0.2) is 15.0 Å². The van der Waals surface area contributed by atoms with Crippen molar-refractivity contribution in [1.82, 2.24) is 29.5 Å². The molecule has 68 heavy (non-hydrogen) atoms. The molecule has 0 amide bonds. The number of hydrogen-bond acceptors (Lipinski definition) is 6. The van der Waals surface area contributed by atoms with Crippen LogP contribution in [-0.4, -0.2) is 29.5 Å². The van der Waals surface area contributed by atoms with Gasteiger partial charge in [-0.2, -0.15) is 0 Å². The minimum atomic E-state index is 0.670. The van der Waals surface area contributed by atoms with Gasteiger partial charge in [0.05, 0.1) is 39.0 Å². The Hall–Kier alpha value is -9.33. The van der Waals surface area contributed by atoms with E-state index in [0.717, 1.165) is 112 Å². The minimum absolute atomic E-state index is 0.670. The molecule has 0 bridgehead atoms. The molecule has 0 N–H and O–H groups in total. The van der Waals surface area contributed by atoms with E-state index in [1.165, 1.54) is 10.8 Å². The van der Waals surface area contributed by atoms with Crippen molar-refractivity contribution in [2.24, 2.45) is 0 Å². The van der Waals surface area contributed by atoms with Crippen molar-refractivity contribution in [2.45, 2.75) is 0 Å². The van der Waals surface area contributed by atoms with Crippen molar-refractivity contribution >= 4 is 43.7 Å². The van der Waals surface area contributed by atoms with E-state index < -0.39 is 0 Å². The molecule has 13 rings (SSSR count). The predicted molar refractivity (Wildman–Crippen MR) is 275 cm³/mol. The summed E-state index contributed by atoms with van der Waals surface area (Å²) in [6, 6.07) is 71.6. The van der Waals surface area contributed by atoms with Crippen LogP contribution in [0.5, 0.6) is 0 Å². The maximum Gasteiger partial charge on any atom is 0.160 e. The number of pyridine rings is 3. The average Bonchev–Trinajstić information content (AvgIpc) is 3.99. The van der Waals surface area contributed by atoms with Crippen LogP contribution in [-0.2, 0) is 0 Å². The quantitative estimate of drug-likeness (QED) is 0.151. The molecule has 0 aliphatic heterocycles. The second kappa shape index (κ2) is 16.3. The molecular formula is C61H38N6O. The van der Waals surface area contributed by atoms with Crippen molar-refractivity contribution in [2.75, 3.05) is 0 Å². The van der Waals surface area contributed by atoms with Crippen LogP contribution in [0.25, 0.3) is 128 Å². The van der Waals surface area contributed by atoms with Crippen LogP contribution in [0.15, 0.2) is 235 Å². The summed E-state index contributed by atoms with van der Waals surface area (Å²) in [5, 5.41) is 4.35. The first-order valence-corrected chi connectivity index (χ1v) is 22.6. The molecule has 6 heterocycles. The third-order valence-electron chi connectivity index (χ3n) is 12.8. The standard InChI is InChI=1S/C61H38N6O/c1-2-12-43(13-3-1)61-65-52(38-53(66-61)45-15-11-17-47(37-45)67-54-22-8-5-18-48(54)49-19-6-9-23-55(49)67)40-26-24-39(25-27-40)44-14-10-16-46(36-44)58-57-56(41-28-32-62-33-29-41)59(42-30-34-63-35-31-42)68-60(57)50-20-4-7-21-51(50)64-58/h1-38H. The van der Waals surface area contributed by atoms with Crippen LogP contribution >= 0.6 is 0 Å². The average molecular weight is 871 g/mol. The zero-order chi connectivity index (χ0) is 45.0. The Morgan fingerprint density at radius 3 is 1.68 bits per heavy atom. The summed E-state index contributed by atoms with van der Waals surface area (Å²) in [4.78, 5) is 24.4. The fourth-order valence-electron chi connectivity index (χ4n) is 9.64. The number of nitrogens with zero attached hydrogens (tertiary/aromatic N) is 6. The largest absolute Gasteiger partial charge is 0.455 e. The molecule has 0 saturated heterocycles. The highest BCUT2D eigenvalue weighted by molar-refractivity contribution is 6.17. The fraction of sp³-hybridized carbons (Fsp3) is 0. The summed E-state index contributed by atoms with van der Waals surface area (Å²) in [5.74, 6) is 1.43. The SMILES string of the molecule is c1ccc(-c2nc(-c3ccc(-c4cccc(-c5nc6ccccc6c6oc(-c7ccncc7)c(-c7ccncc7)c56)c4)cc3)cc(-c3cccc(-n4c5ccccc5c5ccccc54)c3)n2)cc1. The van der Waals surface area contributed by atoms with Gasteiger partial charge in [0.2, 0.25) is 0 Å². The lowest BCUT2D eigenvalue weighted by atomic mass is 9.94. The van der Waals surface area contributed by atoms with Crippen molar-refractivity contribution in [1.29, 1.82) is 0 Å². The molecule has 7 aromatic carbocycles. The highest BCUT2D eigenvalue weighted by atomic mass is 16.3. The van der Waals surface area contributed by atoms with E-state index in [9.17, 15) is 0 Å². The van der Waals surface area contributed by atoms with E-state index >= 15 is 0 Å². The molecule has 0 aliphatic carbocycles. The van der Waals surface area contributed by atoms with Crippen LogP contribution in [0.1, 0.15) is 0 Å². The lowest BCUT2D eigenvalue weighted by Gasteiger charge is -2.13. The van der Waals surface area contributed by atoms with E-state index in [-0.39, 0.29) is 0 Å². The first kappa shape index (κ1) is 39.1. The topological polar surface area (TPSA) is 82.5 Å². The Kier molecular flexibility index (Phi) is 9.35. The second-order valence-electron chi connectivity index (χ2n) is 16.9. The number of hydrogen-bond donors (Lipinski definition) is 0. The van der Waals surface area contributed by atoms with Gasteiger partial charge < -0.3 is 8.98 Å². The molecule has 6 aromatic heterocycles. The molecule has 318 valence electrons. The number of rotatable bonds is 8. The van der Waals surface area contributed by atoms with Gasteiger partial charge in [-0.05, 0) is 89.5 Å². The zero-order valence-corrected chi connectivity index (χ0v) is 36.5. The molecule has 0 radical (unpaired) electrons. The van der Waals surface area contributed by atoms with Gasteiger partial charge in [-0.15, -0.1) is 0 Å². The Balaban J connectivity index is 0.911. The Morgan fingerprint density at radius 1 is 0.368 bits per heavy atom.